The Balaban J connectivity index is 1.18. The van der Waals surface area contributed by atoms with Crippen molar-refractivity contribution < 1.29 is 19.1 Å². The molecule has 1 aromatic carbocycles. The molecule has 0 unspecified atom stereocenters. The van der Waals surface area contributed by atoms with Gasteiger partial charge in [-0.2, -0.15) is 0 Å². The fourth-order valence-electron chi connectivity index (χ4n) is 4.74. The van der Waals surface area contributed by atoms with Gasteiger partial charge < -0.3 is 19.3 Å². The van der Waals surface area contributed by atoms with Crippen molar-refractivity contribution in [2.24, 2.45) is 5.41 Å². The van der Waals surface area contributed by atoms with Crippen LogP contribution in [0, 0.1) is 5.41 Å². The van der Waals surface area contributed by atoms with Crippen molar-refractivity contribution in [1.82, 2.24) is 14.7 Å². The zero-order chi connectivity index (χ0) is 19.6. The van der Waals surface area contributed by atoms with Gasteiger partial charge in [-0.05, 0) is 31.9 Å². The maximum atomic E-state index is 12.2. The van der Waals surface area contributed by atoms with Crippen LogP contribution in [0.3, 0.4) is 0 Å². The van der Waals surface area contributed by atoms with E-state index in [9.17, 15) is 9.59 Å². The number of hydrogen-bond acceptors (Lipinski definition) is 6. The van der Waals surface area contributed by atoms with Gasteiger partial charge in [0.05, 0.1) is 0 Å². The topological polar surface area (TPSA) is 62.3 Å². The Hall–Kier alpha value is -2.12. The van der Waals surface area contributed by atoms with Crippen molar-refractivity contribution in [3.8, 4) is 0 Å². The number of likely N-dealkylation sites (tertiary alicyclic amines) is 1. The molecule has 3 aliphatic rings. The number of piperazine rings is 1. The van der Waals surface area contributed by atoms with Crippen LogP contribution in [0.5, 0.6) is 0 Å². The Morgan fingerprint density at radius 2 is 1.82 bits per heavy atom. The molecule has 1 saturated carbocycles. The molecule has 152 valence electrons. The number of likely N-dealkylation sites (N-methyl/N-ethyl adjacent to an activating group) is 1. The molecule has 0 bridgehead atoms. The zero-order valence-electron chi connectivity index (χ0n) is 16.5. The number of amides is 1. The molecular weight excluding hydrogens is 358 g/mol. The van der Waals surface area contributed by atoms with Gasteiger partial charge >= 0.3 is 12.2 Å². The van der Waals surface area contributed by atoms with E-state index in [1.807, 2.05) is 30.3 Å². The third kappa shape index (κ3) is 4.31. The fraction of sp³-hybridized carbons (Fsp3) is 0.619. The highest BCUT2D eigenvalue weighted by Crippen LogP contribution is 2.47. The minimum atomic E-state index is -0.934. The summed E-state index contributed by atoms with van der Waals surface area (Å²) in [7, 11) is 2.17. The minimum Gasteiger partial charge on any atom is -0.429 e. The van der Waals surface area contributed by atoms with Crippen LogP contribution in [0.4, 0.5) is 9.59 Å². The molecular formula is C21H29N3O4. The molecule has 3 fully saturated rings. The monoisotopic (exact) mass is 387 g/mol. The predicted molar refractivity (Wildman–Crippen MR) is 104 cm³/mol. The van der Waals surface area contributed by atoms with Crippen LogP contribution >= 0.6 is 0 Å². The second-order valence-electron chi connectivity index (χ2n) is 8.48. The molecule has 7 nitrogen and oxygen atoms in total. The highest BCUT2D eigenvalue weighted by molar-refractivity contribution is 5.81. The van der Waals surface area contributed by atoms with Crippen molar-refractivity contribution in [2.75, 3.05) is 46.3 Å². The van der Waals surface area contributed by atoms with E-state index >= 15 is 0 Å². The lowest BCUT2D eigenvalue weighted by molar-refractivity contribution is -0.00762. The van der Waals surface area contributed by atoms with E-state index in [1.54, 1.807) is 4.90 Å². The van der Waals surface area contributed by atoms with Gasteiger partial charge in [0, 0.05) is 50.7 Å². The minimum absolute atomic E-state index is 0.101. The van der Waals surface area contributed by atoms with E-state index in [0.717, 1.165) is 44.6 Å². The average molecular weight is 387 g/mol. The van der Waals surface area contributed by atoms with Gasteiger partial charge in [-0.15, -0.1) is 0 Å². The standard InChI is InChI=1S/C21H29N3O4/c1-22-9-11-23(12-10-22)18-7-8-21(13-18)15-24(16-21)19(25)28-20(26)27-14-17-5-3-2-4-6-17/h2-6,18H,7-16H2,1H3/t18-/m1/s1. The first-order valence-electron chi connectivity index (χ1n) is 10.1. The molecule has 1 aliphatic carbocycles. The molecule has 2 saturated heterocycles. The summed E-state index contributed by atoms with van der Waals surface area (Å²) in [5.41, 5.74) is 1.07. The smallest absolute Gasteiger partial charge is 0.429 e. The van der Waals surface area contributed by atoms with Crippen molar-refractivity contribution in [1.29, 1.82) is 0 Å². The first-order valence-corrected chi connectivity index (χ1v) is 10.1. The van der Waals surface area contributed by atoms with Gasteiger partial charge in [-0.1, -0.05) is 30.3 Å². The Kier molecular flexibility index (Phi) is 5.55. The third-order valence-corrected chi connectivity index (χ3v) is 6.41. The number of nitrogens with zero attached hydrogens (tertiary/aromatic N) is 3. The number of benzene rings is 1. The lowest BCUT2D eigenvalue weighted by Gasteiger charge is -2.47. The normalized spacial score (nSPS) is 24.8. The second-order valence-corrected chi connectivity index (χ2v) is 8.48. The van der Waals surface area contributed by atoms with Crippen LogP contribution in [0.1, 0.15) is 24.8 Å². The maximum Gasteiger partial charge on any atom is 0.517 e. The van der Waals surface area contributed by atoms with Crippen molar-refractivity contribution in [3.63, 3.8) is 0 Å². The molecule has 0 aromatic heterocycles. The lowest BCUT2D eigenvalue weighted by Crippen LogP contribution is -2.58. The number of carbonyl (C=O) groups is 2. The summed E-state index contributed by atoms with van der Waals surface area (Å²) in [6, 6.07) is 9.96. The second kappa shape index (κ2) is 8.09. The highest BCUT2D eigenvalue weighted by atomic mass is 16.7. The highest BCUT2D eigenvalue weighted by Gasteiger charge is 2.51. The van der Waals surface area contributed by atoms with Gasteiger partial charge in [0.15, 0.2) is 0 Å². The Morgan fingerprint density at radius 1 is 1.11 bits per heavy atom. The third-order valence-electron chi connectivity index (χ3n) is 6.41. The molecule has 1 atom stereocenters. The van der Waals surface area contributed by atoms with E-state index in [2.05, 4.69) is 16.8 Å². The van der Waals surface area contributed by atoms with E-state index < -0.39 is 12.2 Å². The predicted octanol–water partition coefficient (Wildman–Crippen LogP) is 2.56. The molecule has 0 N–H and O–H groups in total. The molecule has 1 aromatic rings. The van der Waals surface area contributed by atoms with Crippen molar-refractivity contribution >= 4 is 12.2 Å². The summed E-state index contributed by atoms with van der Waals surface area (Å²) in [6.07, 6.45) is 1.96. The fourth-order valence-corrected chi connectivity index (χ4v) is 4.74. The molecule has 28 heavy (non-hydrogen) atoms. The lowest BCUT2D eigenvalue weighted by atomic mass is 9.78. The number of rotatable bonds is 3. The van der Waals surface area contributed by atoms with Gasteiger partial charge in [0.2, 0.25) is 0 Å². The van der Waals surface area contributed by atoms with Crippen LogP contribution in [-0.4, -0.2) is 79.3 Å². The molecule has 2 aliphatic heterocycles. The average Bonchev–Trinajstić information content (AvgIpc) is 3.12. The maximum absolute atomic E-state index is 12.2. The quantitative estimate of drug-likeness (QED) is 0.587. The van der Waals surface area contributed by atoms with Crippen LogP contribution < -0.4 is 0 Å². The zero-order valence-corrected chi connectivity index (χ0v) is 16.5. The summed E-state index contributed by atoms with van der Waals surface area (Å²) in [5.74, 6) is 0. The summed E-state index contributed by atoms with van der Waals surface area (Å²) in [5, 5.41) is 0. The summed E-state index contributed by atoms with van der Waals surface area (Å²) in [6.45, 7) is 6.00. The molecule has 0 radical (unpaired) electrons. The molecule has 7 heteroatoms. The van der Waals surface area contributed by atoms with Crippen LogP contribution in [-0.2, 0) is 16.1 Å². The van der Waals surface area contributed by atoms with E-state index in [4.69, 9.17) is 9.47 Å². The Morgan fingerprint density at radius 3 is 2.54 bits per heavy atom. The Bertz CT molecular complexity index is 697. The van der Waals surface area contributed by atoms with Crippen LogP contribution in [0.15, 0.2) is 30.3 Å². The first-order chi connectivity index (χ1) is 13.5. The SMILES string of the molecule is CN1CCN([C@@H]2CCC3(C2)CN(C(=O)OC(=O)OCc2ccccc2)C3)CC1. The van der Waals surface area contributed by atoms with Gasteiger partial charge in [0.1, 0.15) is 6.61 Å². The number of ether oxygens (including phenoxy) is 2. The van der Waals surface area contributed by atoms with Gasteiger partial charge in [-0.3, -0.25) is 4.90 Å². The number of carbonyl (C=O) groups excluding carboxylic acids is 2. The van der Waals surface area contributed by atoms with E-state index in [-0.39, 0.29) is 12.0 Å². The van der Waals surface area contributed by atoms with Crippen LogP contribution in [0.25, 0.3) is 0 Å². The van der Waals surface area contributed by atoms with Gasteiger partial charge in [-0.25, -0.2) is 9.59 Å². The summed E-state index contributed by atoms with van der Waals surface area (Å²) < 4.78 is 9.86. The largest absolute Gasteiger partial charge is 0.517 e. The number of hydrogen-bond donors (Lipinski definition) is 0. The van der Waals surface area contributed by atoms with Crippen molar-refractivity contribution in [3.05, 3.63) is 35.9 Å². The molecule has 1 amide bonds. The molecule has 2 heterocycles. The Labute approximate surface area is 166 Å². The molecule has 1 spiro atoms. The summed E-state index contributed by atoms with van der Waals surface area (Å²) >= 11 is 0. The van der Waals surface area contributed by atoms with Crippen LogP contribution in [0.2, 0.25) is 0 Å². The van der Waals surface area contributed by atoms with E-state index in [1.165, 1.54) is 6.42 Å². The first kappa shape index (κ1) is 19.2. The summed E-state index contributed by atoms with van der Waals surface area (Å²) in [4.78, 5) is 30.6. The van der Waals surface area contributed by atoms with E-state index in [0.29, 0.717) is 19.1 Å². The van der Waals surface area contributed by atoms with Gasteiger partial charge in [0.25, 0.3) is 0 Å². The molecule has 4 rings (SSSR count). The van der Waals surface area contributed by atoms with Crippen molar-refractivity contribution in [2.45, 2.75) is 31.9 Å².